The third kappa shape index (κ3) is 3.39. The van der Waals surface area contributed by atoms with Crippen LogP contribution in [-0.2, 0) is 6.54 Å². The van der Waals surface area contributed by atoms with Crippen LogP contribution in [0.5, 0.6) is 5.75 Å². The number of nitrogens with zero attached hydrogens (tertiary/aromatic N) is 1. The molecule has 2 nitrogen and oxygen atoms in total. The standard InChI is InChI=1S/C17H22NOP/c1-12-7-6-10-15(16(12)19)20-17-13(2)8-5-9-14(17)11-18(3)4/h5-10,19-20H,11H2,1-4H3. The second kappa shape index (κ2) is 6.39. The van der Waals surface area contributed by atoms with Crippen LogP contribution in [0.3, 0.4) is 0 Å². The second-order valence-corrected chi connectivity index (χ2v) is 6.73. The molecule has 1 unspecified atom stereocenters. The molecule has 0 spiro atoms. The van der Waals surface area contributed by atoms with Gasteiger partial charge in [-0.25, -0.2) is 0 Å². The highest BCUT2D eigenvalue weighted by atomic mass is 31.1. The first-order valence-electron chi connectivity index (χ1n) is 6.78. The van der Waals surface area contributed by atoms with Gasteiger partial charge in [0.1, 0.15) is 5.75 Å². The monoisotopic (exact) mass is 287 g/mol. The van der Waals surface area contributed by atoms with E-state index in [1.165, 1.54) is 16.4 Å². The molecule has 0 bridgehead atoms. The molecule has 0 aromatic heterocycles. The molecule has 0 saturated carbocycles. The minimum atomic E-state index is 0.435. The first kappa shape index (κ1) is 15.0. The van der Waals surface area contributed by atoms with Gasteiger partial charge in [-0.2, -0.15) is 0 Å². The Hall–Kier alpha value is -1.37. The van der Waals surface area contributed by atoms with E-state index in [0.717, 1.165) is 17.4 Å². The number of aromatic hydroxyl groups is 1. The largest absolute Gasteiger partial charge is 0.507 e. The van der Waals surface area contributed by atoms with Crippen LogP contribution in [0.1, 0.15) is 16.7 Å². The lowest BCUT2D eigenvalue weighted by molar-refractivity contribution is 0.403. The van der Waals surface area contributed by atoms with Crippen molar-refractivity contribution in [1.82, 2.24) is 4.90 Å². The number of benzene rings is 2. The van der Waals surface area contributed by atoms with Gasteiger partial charge >= 0.3 is 0 Å². The normalized spacial score (nSPS) is 11.7. The van der Waals surface area contributed by atoms with E-state index in [0.29, 0.717) is 14.3 Å². The molecule has 1 atom stereocenters. The second-order valence-electron chi connectivity index (χ2n) is 5.44. The molecule has 2 rings (SSSR count). The number of aryl methyl sites for hydroxylation is 2. The SMILES string of the molecule is Cc1cccc(Pc2c(C)cccc2CN(C)C)c1O. The molecular weight excluding hydrogens is 265 g/mol. The van der Waals surface area contributed by atoms with Crippen molar-refractivity contribution in [2.45, 2.75) is 20.4 Å². The Morgan fingerprint density at radius 1 is 1.00 bits per heavy atom. The Morgan fingerprint density at radius 2 is 1.65 bits per heavy atom. The average Bonchev–Trinajstić information content (AvgIpc) is 2.38. The predicted molar refractivity (Wildman–Crippen MR) is 89.0 cm³/mol. The summed E-state index contributed by atoms with van der Waals surface area (Å²) >= 11 is 0. The Bertz CT molecular complexity index is 608. The molecule has 0 aliphatic rings. The lowest BCUT2D eigenvalue weighted by atomic mass is 10.1. The predicted octanol–water partition coefficient (Wildman–Crippen LogP) is 2.70. The maximum atomic E-state index is 10.2. The van der Waals surface area contributed by atoms with E-state index in [1.807, 2.05) is 25.1 Å². The van der Waals surface area contributed by atoms with Gasteiger partial charge in [-0.3, -0.25) is 0 Å². The van der Waals surface area contributed by atoms with Crippen molar-refractivity contribution in [2.24, 2.45) is 0 Å². The molecule has 0 aliphatic carbocycles. The summed E-state index contributed by atoms with van der Waals surface area (Å²) in [7, 11) is 4.66. The quantitative estimate of drug-likeness (QED) is 0.874. The average molecular weight is 287 g/mol. The van der Waals surface area contributed by atoms with E-state index >= 15 is 0 Å². The third-order valence-electron chi connectivity index (χ3n) is 3.34. The van der Waals surface area contributed by atoms with Crippen LogP contribution in [0.4, 0.5) is 0 Å². The smallest absolute Gasteiger partial charge is 0.126 e. The van der Waals surface area contributed by atoms with Gasteiger partial charge < -0.3 is 10.0 Å². The van der Waals surface area contributed by atoms with Crippen molar-refractivity contribution in [3.05, 3.63) is 53.1 Å². The Balaban J connectivity index is 2.40. The van der Waals surface area contributed by atoms with Crippen LogP contribution < -0.4 is 10.6 Å². The van der Waals surface area contributed by atoms with E-state index in [9.17, 15) is 5.11 Å². The Kier molecular flexibility index (Phi) is 4.80. The molecule has 1 N–H and O–H groups in total. The number of para-hydroxylation sites is 1. The summed E-state index contributed by atoms with van der Waals surface area (Å²) in [5.74, 6) is 0.435. The topological polar surface area (TPSA) is 23.5 Å². The number of phenols is 1. The highest BCUT2D eigenvalue weighted by molar-refractivity contribution is 7.56. The maximum absolute atomic E-state index is 10.2. The van der Waals surface area contributed by atoms with Crippen LogP contribution in [0, 0.1) is 13.8 Å². The number of hydrogen-bond acceptors (Lipinski definition) is 2. The van der Waals surface area contributed by atoms with Crippen molar-refractivity contribution in [1.29, 1.82) is 0 Å². The van der Waals surface area contributed by atoms with E-state index in [-0.39, 0.29) is 0 Å². The van der Waals surface area contributed by atoms with Crippen molar-refractivity contribution >= 4 is 19.2 Å². The van der Waals surface area contributed by atoms with Gasteiger partial charge in [0.25, 0.3) is 0 Å². The molecule has 2 aromatic rings. The molecule has 0 saturated heterocycles. The minimum Gasteiger partial charge on any atom is -0.507 e. The molecule has 106 valence electrons. The van der Waals surface area contributed by atoms with Crippen molar-refractivity contribution in [3.8, 4) is 5.75 Å². The number of hydrogen-bond donors (Lipinski definition) is 1. The lowest BCUT2D eigenvalue weighted by Crippen LogP contribution is -2.19. The molecule has 0 radical (unpaired) electrons. The van der Waals surface area contributed by atoms with E-state index in [2.05, 4.69) is 44.1 Å². The first-order valence-corrected chi connectivity index (χ1v) is 7.78. The molecule has 0 heterocycles. The summed E-state index contributed by atoms with van der Waals surface area (Å²) in [6.45, 7) is 5.02. The lowest BCUT2D eigenvalue weighted by Gasteiger charge is -2.17. The highest BCUT2D eigenvalue weighted by Gasteiger charge is 2.11. The van der Waals surface area contributed by atoms with Crippen LogP contribution in [0.15, 0.2) is 36.4 Å². The van der Waals surface area contributed by atoms with Gasteiger partial charge in [0.05, 0.1) is 0 Å². The molecule has 0 amide bonds. The van der Waals surface area contributed by atoms with Gasteiger partial charge in [-0.15, -0.1) is 0 Å². The molecule has 0 fully saturated rings. The van der Waals surface area contributed by atoms with E-state index in [4.69, 9.17) is 0 Å². The van der Waals surface area contributed by atoms with Gasteiger partial charge in [0, 0.05) is 11.8 Å². The van der Waals surface area contributed by atoms with Gasteiger partial charge in [-0.05, 0) is 49.9 Å². The molecular formula is C17H22NOP. The number of rotatable bonds is 4. The maximum Gasteiger partial charge on any atom is 0.126 e. The fourth-order valence-electron chi connectivity index (χ4n) is 2.27. The fraction of sp³-hybridized carbons (Fsp3) is 0.294. The Morgan fingerprint density at radius 3 is 2.35 bits per heavy atom. The van der Waals surface area contributed by atoms with Crippen LogP contribution >= 0.6 is 8.58 Å². The highest BCUT2D eigenvalue weighted by Crippen LogP contribution is 2.24. The third-order valence-corrected chi connectivity index (χ3v) is 4.98. The fourth-order valence-corrected chi connectivity index (χ4v) is 3.64. The van der Waals surface area contributed by atoms with Crippen molar-refractivity contribution < 1.29 is 5.11 Å². The van der Waals surface area contributed by atoms with E-state index < -0.39 is 0 Å². The van der Waals surface area contributed by atoms with Crippen molar-refractivity contribution in [3.63, 3.8) is 0 Å². The summed E-state index contributed by atoms with van der Waals surface area (Å²) in [6.07, 6.45) is 0. The number of phenolic OH excluding ortho intramolecular Hbond substituents is 1. The zero-order valence-corrected chi connectivity index (χ0v) is 13.6. The molecule has 20 heavy (non-hydrogen) atoms. The molecule has 3 heteroatoms. The summed E-state index contributed by atoms with van der Waals surface area (Å²) in [4.78, 5) is 2.18. The zero-order chi connectivity index (χ0) is 14.7. The Labute approximate surface area is 123 Å². The zero-order valence-electron chi connectivity index (χ0n) is 12.6. The summed E-state index contributed by atoms with van der Waals surface area (Å²) in [5, 5.41) is 12.6. The molecule has 0 aliphatic heterocycles. The van der Waals surface area contributed by atoms with Gasteiger partial charge in [-0.1, -0.05) is 45.0 Å². The van der Waals surface area contributed by atoms with Crippen LogP contribution in [0.2, 0.25) is 0 Å². The molecule has 2 aromatic carbocycles. The summed E-state index contributed by atoms with van der Waals surface area (Å²) in [5.41, 5.74) is 3.58. The first-order chi connectivity index (χ1) is 9.49. The van der Waals surface area contributed by atoms with E-state index in [1.54, 1.807) is 0 Å². The van der Waals surface area contributed by atoms with Crippen LogP contribution in [0.25, 0.3) is 0 Å². The van der Waals surface area contributed by atoms with Crippen molar-refractivity contribution in [2.75, 3.05) is 14.1 Å². The van der Waals surface area contributed by atoms with Crippen LogP contribution in [-0.4, -0.2) is 24.1 Å². The summed E-state index contributed by atoms with van der Waals surface area (Å²) < 4.78 is 0. The van der Waals surface area contributed by atoms with Gasteiger partial charge in [0.15, 0.2) is 0 Å². The summed E-state index contributed by atoms with van der Waals surface area (Å²) in [6, 6.07) is 12.4. The van der Waals surface area contributed by atoms with Gasteiger partial charge in [0.2, 0.25) is 0 Å². The minimum absolute atomic E-state index is 0.435.